The molecule has 2 atom stereocenters. The molecule has 1 aromatic carbocycles. The number of nitrogens with one attached hydrogen (secondary N) is 1. The lowest BCUT2D eigenvalue weighted by Crippen LogP contribution is -2.58. The number of hydrogen-bond acceptors (Lipinski definition) is 4. The quantitative estimate of drug-likeness (QED) is 0.883. The number of ether oxygens (including phenoxy) is 1. The number of para-hydroxylation sites is 1. The van der Waals surface area contributed by atoms with Crippen molar-refractivity contribution in [3.63, 3.8) is 0 Å². The third kappa shape index (κ3) is 3.61. The SMILES string of the molecule is CC(=O)N[C@H]1C[C@@H](Cc2cc(COc3ccccc3)on2)C1(C)C. The first-order valence-corrected chi connectivity index (χ1v) is 8.34. The first-order valence-electron chi connectivity index (χ1n) is 8.34. The van der Waals surface area contributed by atoms with Crippen molar-refractivity contribution in [2.45, 2.75) is 46.3 Å². The second-order valence-electron chi connectivity index (χ2n) is 7.10. The zero-order chi connectivity index (χ0) is 17.2. The summed E-state index contributed by atoms with van der Waals surface area (Å²) in [6.07, 6.45) is 1.84. The average molecular weight is 328 g/mol. The predicted molar refractivity (Wildman–Crippen MR) is 90.5 cm³/mol. The highest BCUT2D eigenvalue weighted by Crippen LogP contribution is 2.47. The van der Waals surface area contributed by atoms with E-state index in [1.54, 1.807) is 6.92 Å². The number of aromatic nitrogens is 1. The number of rotatable bonds is 6. The van der Waals surface area contributed by atoms with Gasteiger partial charge < -0.3 is 14.6 Å². The van der Waals surface area contributed by atoms with Gasteiger partial charge in [-0.3, -0.25) is 4.79 Å². The Kier molecular flexibility index (Phi) is 4.60. The molecule has 1 aliphatic carbocycles. The number of nitrogens with zero attached hydrogens (tertiary/aromatic N) is 1. The summed E-state index contributed by atoms with van der Waals surface area (Å²) >= 11 is 0. The van der Waals surface area contributed by atoms with Gasteiger partial charge in [-0.1, -0.05) is 37.2 Å². The maximum atomic E-state index is 11.2. The van der Waals surface area contributed by atoms with E-state index in [4.69, 9.17) is 9.26 Å². The molecule has 1 aliphatic rings. The molecule has 1 saturated carbocycles. The Balaban J connectivity index is 1.52. The standard InChI is InChI=1S/C19H24N2O3/c1-13(22)20-18-10-14(19(18,2)3)9-15-11-17(24-21-15)12-23-16-7-5-4-6-8-16/h4-8,11,14,18H,9-10,12H2,1-3H3,(H,20,22)/t14-,18+/m1/s1. The summed E-state index contributed by atoms with van der Waals surface area (Å²) < 4.78 is 11.0. The fourth-order valence-electron chi connectivity index (χ4n) is 3.30. The predicted octanol–water partition coefficient (Wildman–Crippen LogP) is 3.35. The number of hydrogen-bond donors (Lipinski definition) is 1. The molecule has 0 bridgehead atoms. The minimum atomic E-state index is 0.0355. The van der Waals surface area contributed by atoms with Gasteiger partial charge in [0.2, 0.25) is 5.91 Å². The van der Waals surface area contributed by atoms with Crippen molar-refractivity contribution in [2.75, 3.05) is 0 Å². The van der Waals surface area contributed by atoms with Crippen molar-refractivity contribution in [3.8, 4) is 5.75 Å². The maximum absolute atomic E-state index is 11.2. The summed E-state index contributed by atoms with van der Waals surface area (Å²) in [5, 5.41) is 7.19. The second-order valence-corrected chi connectivity index (χ2v) is 7.10. The van der Waals surface area contributed by atoms with Crippen LogP contribution < -0.4 is 10.1 Å². The van der Waals surface area contributed by atoms with Crippen LogP contribution >= 0.6 is 0 Å². The topological polar surface area (TPSA) is 64.4 Å². The van der Waals surface area contributed by atoms with Gasteiger partial charge in [0.25, 0.3) is 0 Å². The van der Waals surface area contributed by atoms with Crippen molar-refractivity contribution in [1.29, 1.82) is 0 Å². The van der Waals surface area contributed by atoms with Crippen molar-refractivity contribution < 1.29 is 14.1 Å². The van der Waals surface area contributed by atoms with E-state index in [2.05, 4.69) is 24.3 Å². The van der Waals surface area contributed by atoms with E-state index >= 15 is 0 Å². The Hall–Kier alpha value is -2.30. The van der Waals surface area contributed by atoms with Crippen LogP contribution in [0.25, 0.3) is 0 Å². The molecule has 1 N–H and O–H groups in total. The molecule has 0 saturated heterocycles. The van der Waals surface area contributed by atoms with Crippen LogP contribution in [0.15, 0.2) is 40.9 Å². The highest BCUT2D eigenvalue weighted by Gasteiger charge is 2.48. The fraction of sp³-hybridized carbons (Fsp3) is 0.474. The van der Waals surface area contributed by atoms with Crippen molar-refractivity contribution in [1.82, 2.24) is 10.5 Å². The molecule has 1 fully saturated rings. The van der Waals surface area contributed by atoms with E-state index in [9.17, 15) is 4.79 Å². The Morgan fingerprint density at radius 3 is 2.79 bits per heavy atom. The highest BCUT2D eigenvalue weighted by atomic mass is 16.5. The molecule has 1 amide bonds. The molecule has 24 heavy (non-hydrogen) atoms. The van der Waals surface area contributed by atoms with Gasteiger partial charge in [0.15, 0.2) is 5.76 Å². The molecule has 128 valence electrons. The van der Waals surface area contributed by atoms with E-state index in [0.717, 1.165) is 30.0 Å². The van der Waals surface area contributed by atoms with E-state index < -0.39 is 0 Å². The van der Waals surface area contributed by atoms with Crippen LogP contribution in [0.4, 0.5) is 0 Å². The molecule has 0 unspecified atom stereocenters. The van der Waals surface area contributed by atoms with E-state index in [0.29, 0.717) is 12.5 Å². The van der Waals surface area contributed by atoms with E-state index in [1.807, 2.05) is 36.4 Å². The molecule has 5 heteroatoms. The van der Waals surface area contributed by atoms with E-state index in [-0.39, 0.29) is 17.4 Å². The summed E-state index contributed by atoms with van der Waals surface area (Å²) in [5.74, 6) is 2.06. The van der Waals surface area contributed by atoms with Crippen molar-refractivity contribution >= 4 is 5.91 Å². The largest absolute Gasteiger partial charge is 0.486 e. The molecule has 5 nitrogen and oxygen atoms in total. The minimum absolute atomic E-state index is 0.0355. The lowest BCUT2D eigenvalue weighted by Gasteiger charge is -2.52. The molecule has 1 heterocycles. The molecule has 0 spiro atoms. The van der Waals surface area contributed by atoms with Crippen LogP contribution in [0.1, 0.15) is 38.6 Å². The van der Waals surface area contributed by atoms with Crippen LogP contribution in [0.2, 0.25) is 0 Å². The van der Waals surface area contributed by atoms with Crippen LogP contribution in [0, 0.1) is 11.3 Å². The van der Waals surface area contributed by atoms with Crippen LogP contribution in [-0.4, -0.2) is 17.1 Å². The highest BCUT2D eigenvalue weighted by molar-refractivity contribution is 5.73. The number of carbonyl (C=O) groups excluding carboxylic acids is 1. The Labute approximate surface area is 142 Å². The Morgan fingerprint density at radius 2 is 2.12 bits per heavy atom. The lowest BCUT2D eigenvalue weighted by atomic mass is 9.57. The zero-order valence-corrected chi connectivity index (χ0v) is 14.4. The maximum Gasteiger partial charge on any atom is 0.217 e. The van der Waals surface area contributed by atoms with Crippen molar-refractivity contribution in [2.24, 2.45) is 11.3 Å². The summed E-state index contributed by atoms with van der Waals surface area (Å²) in [7, 11) is 0. The number of carbonyl (C=O) groups is 1. The van der Waals surface area contributed by atoms with E-state index in [1.165, 1.54) is 0 Å². The fourth-order valence-corrected chi connectivity index (χ4v) is 3.30. The van der Waals surface area contributed by atoms with Gasteiger partial charge in [-0.15, -0.1) is 0 Å². The van der Waals surface area contributed by atoms with Gasteiger partial charge in [0.05, 0.1) is 5.69 Å². The molecular formula is C19H24N2O3. The zero-order valence-electron chi connectivity index (χ0n) is 14.4. The first-order chi connectivity index (χ1) is 11.4. The van der Waals surface area contributed by atoms with Crippen molar-refractivity contribution in [3.05, 3.63) is 47.9 Å². The van der Waals surface area contributed by atoms with Gasteiger partial charge in [0, 0.05) is 19.0 Å². The lowest BCUT2D eigenvalue weighted by molar-refractivity contribution is -0.123. The monoisotopic (exact) mass is 328 g/mol. The van der Waals surface area contributed by atoms with Gasteiger partial charge in [-0.2, -0.15) is 0 Å². The number of benzene rings is 1. The van der Waals surface area contributed by atoms with Gasteiger partial charge in [-0.25, -0.2) is 0 Å². The third-order valence-electron chi connectivity index (χ3n) is 5.04. The first kappa shape index (κ1) is 16.6. The second kappa shape index (κ2) is 6.67. The van der Waals surface area contributed by atoms with Gasteiger partial charge in [0.1, 0.15) is 12.4 Å². The number of amides is 1. The molecule has 1 aromatic heterocycles. The molecule has 3 rings (SSSR count). The Bertz CT molecular complexity index is 694. The average Bonchev–Trinajstić information content (AvgIpc) is 3.00. The minimum Gasteiger partial charge on any atom is -0.486 e. The normalized spacial score (nSPS) is 21.8. The van der Waals surface area contributed by atoms with Crippen LogP contribution in [0.3, 0.4) is 0 Å². The third-order valence-corrected chi connectivity index (χ3v) is 5.04. The molecular weight excluding hydrogens is 304 g/mol. The van der Waals surface area contributed by atoms with Crippen LogP contribution in [0.5, 0.6) is 5.75 Å². The Morgan fingerprint density at radius 1 is 1.38 bits per heavy atom. The summed E-state index contributed by atoms with van der Waals surface area (Å²) in [6, 6.07) is 11.9. The summed E-state index contributed by atoms with van der Waals surface area (Å²) in [5.41, 5.74) is 1.02. The smallest absolute Gasteiger partial charge is 0.217 e. The summed E-state index contributed by atoms with van der Waals surface area (Å²) in [6.45, 7) is 6.34. The molecule has 0 radical (unpaired) electrons. The molecule has 0 aliphatic heterocycles. The van der Waals surface area contributed by atoms with Gasteiger partial charge >= 0.3 is 0 Å². The molecule has 2 aromatic rings. The van der Waals surface area contributed by atoms with Gasteiger partial charge in [-0.05, 0) is 36.3 Å². The van der Waals surface area contributed by atoms with Crippen LogP contribution in [-0.2, 0) is 17.8 Å². The summed E-state index contributed by atoms with van der Waals surface area (Å²) in [4.78, 5) is 11.2.